The van der Waals surface area contributed by atoms with Gasteiger partial charge in [-0.05, 0) is 43.4 Å². The molecule has 0 radical (unpaired) electrons. The van der Waals surface area contributed by atoms with Crippen LogP contribution in [-0.2, 0) is 21.4 Å². The van der Waals surface area contributed by atoms with Crippen LogP contribution in [0.3, 0.4) is 0 Å². The van der Waals surface area contributed by atoms with Gasteiger partial charge in [-0.1, -0.05) is 23.7 Å². The Kier molecular flexibility index (Phi) is 5.80. The van der Waals surface area contributed by atoms with E-state index >= 15 is 0 Å². The van der Waals surface area contributed by atoms with Crippen LogP contribution >= 0.6 is 11.6 Å². The predicted octanol–water partition coefficient (Wildman–Crippen LogP) is 1.66. The van der Waals surface area contributed by atoms with E-state index in [1.807, 2.05) is 12.1 Å². The van der Waals surface area contributed by atoms with E-state index in [2.05, 4.69) is 4.72 Å². The van der Waals surface area contributed by atoms with Gasteiger partial charge in [0.15, 0.2) is 0 Å². The SMILES string of the molecule is O=C(O)C1CCCCN1S(=O)(=O)NCCc1ccc(Cl)cc1. The molecule has 1 unspecified atom stereocenters. The maximum Gasteiger partial charge on any atom is 0.322 e. The fourth-order valence-corrected chi connectivity index (χ4v) is 4.05. The highest BCUT2D eigenvalue weighted by Gasteiger charge is 2.36. The number of benzene rings is 1. The minimum atomic E-state index is -3.78. The molecule has 6 nitrogen and oxygen atoms in total. The number of carboxylic acid groups (broad SMARTS) is 1. The summed E-state index contributed by atoms with van der Waals surface area (Å²) in [4.78, 5) is 11.2. The third kappa shape index (κ3) is 4.42. The normalized spacial score (nSPS) is 20.0. The Hall–Kier alpha value is -1.15. The van der Waals surface area contributed by atoms with Gasteiger partial charge in [0.05, 0.1) is 0 Å². The van der Waals surface area contributed by atoms with E-state index in [-0.39, 0.29) is 13.1 Å². The number of halogens is 1. The smallest absolute Gasteiger partial charge is 0.322 e. The lowest BCUT2D eigenvalue weighted by Gasteiger charge is -2.31. The molecule has 1 aromatic rings. The van der Waals surface area contributed by atoms with Crippen molar-refractivity contribution in [3.63, 3.8) is 0 Å². The van der Waals surface area contributed by atoms with Gasteiger partial charge in [-0.3, -0.25) is 4.79 Å². The molecule has 0 amide bonds. The van der Waals surface area contributed by atoms with Gasteiger partial charge < -0.3 is 5.11 Å². The van der Waals surface area contributed by atoms with Gasteiger partial charge in [0.1, 0.15) is 6.04 Å². The Labute approximate surface area is 135 Å². The molecule has 22 heavy (non-hydrogen) atoms. The van der Waals surface area contributed by atoms with Crippen molar-refractivity contribution < 1.29 is 18.3 Å². The molecular weight excluding hydrogens is 328 g/mol. The standard InChI is InChI=1S/C14H19ClN2O4S/c15-12-6-4-11(5-7-12)8-9-16-22(20,21)17-10-2-1-3-13(17)14(18)19/h4-7,13,16H,1-3,8-10H2,(H,18,19). The summed E-state index contributed by atoms with van der Waals surface area (Å²) < 4.78 is 28.1. The summed E-state index contributed by atoms with van der Waals surface area (Å²) >= 11 is 5.79. The number of piperidine rings is 1. The quantitative estimate of drug-likeness (QED) is 0.820. The summed E-state index contributed by atoms with van der Waals surface area (Å²) in [6.07, 6.45) is 2.28. The fraction of sp³-hybridized carbons (Fsp3) is 0.500. The maximum atomic E-state index is 12.3. The van der Waals surface area contributed by atoms with E-state index in [0.29, 0.717) is 24.3 Å². The minimum Gasteiger partial charge on any atom is -0.480 e. The molecule has 1 aromatic carbocycles. The molecule has 1 atom stereocenters. The van der Waals surface area contributed by atoms with Crippen LogP contribution in [0.5, 0.6) is 0 Å². The van der Waals surface area contributed by atoms with Crippen LogP contribution in [0.25, 0.3) is 0 Å². The second kappa shape index (κ2) is 7.41. The zero-order valence-electron chi connectivity index (χ0n) is 12.0. The second-order valence-electron chi connectivity index (χ2n) is 5.24. The lowest BCUT2D eigenvalue weighted by molar-refractivity contribution is -0.142. The average Bonchev–Trinajstić information content (AvgIpc) is 2.49. The van der Waals surface area contributed by atoms with Gasteiger partial charge in [0, 0.05) is 18.1 Å². The number of aliphatic carboxylic acids is 1. The molecule has 0 aromatic heterocycles. The number of hydrogen-bond acceptors (Lipinski definition) is 3. The van der Waals surface area contributed by atoms with Crippen LogP contribution in [0.4, 0.5) is 0 Å². The highest BCUT2D eigenvalue weighted by atomic mass is 35.5. The zero-order chi connectivity index (χ0) is 16.2. The summed E-state index contributed by atoms with van der Waals surface area (Å²) in [5.74, 6) is -1.09. The van der Waals surface area contributed by atoms with Gasteiger partial charge >= 0.3 is 5.97 Å². The Bertz CT molecular complexity index is 618. The van der Waals surface area contributed by atoms with E-state index in [9.17, 15) is 13.2 Å². The molecule has 1 saturated heterocycles. The average molecular weight is 347 g/mol. The molecule has 1 heterocycles. The summed E-state index contributed by atoms with van der Waals surface area (Å²) in [5, 5.41) is 9.78. The first-order chi connectivity index (χ1) is 10.4. The number of nitrogens with one attached hydrogen (secondary N) is 1. The first-order valence-corrected chi connectivity index (χ1v) is 8.95. The molecule has 2 rings (SSSR count). The fourth-order valence-electron chi connectivity index (χ4n) is 2.50. The van der Waals surface area contributed by atoms with E-state index in [4.69, 9.17) is 16.7 Å². The minimum absolute atomic E-state index is 0.215. The van der Waals surface area contributed by atoms with Crippen molar-refractivity contribution in [1.82, 2.24) is 9.03 Å². The van der Waals surface area contributed by atoms with Crippen LogP contribution < -0.4 is 4.72 Å². The Morgan fingerprint density at radius 1 is 1.32 bits per heavy atom. The lowest BCUT2D eigenvalue weighted by atomic mass is 10.1. The first-order valence-electron chi connectivity index (χ1n) is 7.14. The molecule has 1 fully saturated rings. The zero-order valence-corrected chi connectivity index (χ0v) is 13.6. The van der Waals surface area contributed by atoms with Crippen LogP contribution in [0.1, 0.15) is 24.8 Å². The highest BCUT2D eigenvalue weighted by Crippen LogP contribution is 2.20. The molecule has 0 bridgehead atoms. The Morgan fingerprint density at radius 2 is 2.00 bits per heavy atom. The van der Waals surface area contributed by atoms with Crippen LogP contribution in [0, 0.1) is 0 Å². The summed E-state index contributed by atoms with van der Waals surface area (Å²) in [6.45, 7) is 0.458. The topological polar surface area (TPSA) is 86.7 Å². The second-order valence-corrected chi connectivity index (χ2v) is 7.38. The monoisotopic (exact) mass is 346 g/mol. The Balaban J connectivity index is 1.95. The maximum absolute atomic E-state index is 12.3. The van der Waals surface area contributed by atoms with Gasteiger partial charge in [-0.15, -0.1) is 0 Å². The van der Waals surface area contributed by atoms with Crippen molar-refractivity contribution >= 4 is 27.8 Å². The number of rotatable bonds is 6. The summed E-state index contributed by atoms with van der Waals surface area (Å²) in [5.41, 5.74) is 0.959. The number of carboxylic acids is 1. The van der Waals surface area contributed by atoms with E-state index in [1.54, 1.807) is 12.1 Å². The summed E-state index contributed by atoms with van der Waals surface area (Å²) in [7, 11) is -3.78. The van der Waals surface area contributed by atoms with Gasteiger partial charge in [-0.2, -0.15) is 12.7 Å². The van der Waals surface area contributed by atoms with Gasteiger partial charge in [0.2, 0.25) is 0 Å². The predicted molar refractivity (Wildman–Crippen MR) is 84.1 cm³/mol. The van der Waals surface area contributed by atoms with Crippen molar-refractivity contribution in [2.45, 2.75) is 31.7 Å². The molecule has 8 heteroatoms. The van der Waals surface area contributed by atoms with E-state index in [0.717, 1.165) is 16.3 Å². The van der Waals surface area contributed by atoms with Crippen LogP contribution in [0.2, 0.25) is 5.02 Å². The molecule has 0 aliphatic carbocycles. The van der Waals surface area contributed by atoms with Crippen molar-refractivity contribution in [2.75, 3.05) is 13.1 Å². The highest BCUT2D eigenvalue weighted by molar-refractivity contribution is 7.87. The van der Waals surface area contributed by atoms with Gasteiger partial charge in [-0.25, -0.2) is 4.72 Å². The summed E-state index contributed by atoms with van der Waals surface area (Å²) in [6, 6.07) is 6.18. The number of carbonyl (C=O) groups is 1. The Morgan fingerprint density at radius 3 is 2.64 bits per heavy atom. The molecule has 122 valence electrons. The van der Waals surface area contributed by atoms with Crippen LogP contribution in [-0.4, -0.2) is 42.9 Å². The third-order valence-electron chi connectivity index (χ3n) is 3.66. The largest absolute Gasteiger partial charge is 0.480 e. The first kappa shape index (κ1) is 17.2. The molecule has 0 spiro atoms. The molecular formula is C14H19ClN2O4S. The molecule has 1 aliphatic heterocycles. The lowest BCUT2D eigenvalue weighted by Crippen LogP contribution is -2.52. The third-order valence-corrected chi connectivity index (χ3v) is 5.53. The van der Waals surface area contributed by atoms with E-state index < -0.39 is 22.2 Å². The molecule has 2 N–H and O–H groups in total. The number of hydrogen-bond donors (Lipinski definition) is 2. The molecule has 0 saturated carbocycles. The number of nitrogens with zero attached hydrogens (tertiary/aromatic N) is 1. The van der Waals surface area contributed by atoms with Crippen LogP contribution in [0.15, 0.2) is 24.3 Å². The van der Waals surface area contributed by atoms with Crippen molar-refractivity contribution in [2.24, 2.45) is 0 Å². The van der Waals surface area contributed by atoms with Crippen molar-refractivity contribution in [3.05, 3.63) is 34.9 Å². The molecule has 1 aliphatic rings. The van der Waals surface area contributed by atoms with Crippen molar-refractivity contribution in [3.8, 4) is 0 Å². The van der Waals surface area contributed by atoms with Crippen molar-refractivity contribution in [1.29, 1.82) is 0 Å². The van der Waals surface area contributed by atoms with E-state index in [1.165, 1.54) is 0 Å². The van der Waals surface area contributed by atoms with Gasteiger partial charge in [0.25, 0.3) is 10.2 Å².